The first kappa shape index (κ1) is 15.8. The van der Waals surface area contributed by atoms with Gasteiger partial charge in [0.15, 0.2) is 0 Å². The van der Waals surface area contributed by atoms with Gasteiger partial charge in [0.25, 0.3) is 5.91 Å². The lowest BCUT2D eigenvalue weighted by Crippen LogP contribution is -2.26. The van der Waals surface area contributed by atoms with E-state index in [2.05, 4.69) is 22.5 Å². The van der Waals surface area contributed by atoms with Crippen LogP contribution in [0, 0.1) is 0 Å². The fourth-order valence-electron chi connectivity index (χ4n) is 1.85. The second kappa shape index (κ2) is 7.43. The molecule has 0 radical (unpaired) electrons. The highest BCUT2D eigenvalue weighted by molar-refractivity contribution is 7.10. The quantitative estimate of drug-likeness (QED) is 0.841. The first-order valence-electron chi connectivity index (χ1n) is 6.85. The van der Waals surface area contributed by atoms with Gasteiger partial charge in [-0.3, -0.25) is 4.79 Å². The summed E-state index contributed by atoms with van der Waals surface area (Å²) in [6.07, 6.45) is 2.49. The molecule has 0 aliphatic rings. The Balaban J connectivity index is 2.10. The summed E-state index contributed by atoms with van der Waals surface area (Å²) in [6, 6.07) is 5.61. The standard InChI is InChI=1S/C15H18ClN3OS/c1-3-6-17-14-8-11(12(16)9-18-14)15(20)19-10(2)13-5-4-7-21-13/h4-5,7-10H,3,6H2,1-2H3,(H,17,18)(H,19,20). The van der Waals surface area contributed by atoms with Crippen molar-refractivity contribution < 1.29 is 4.79 Å². The number of anilines is 1. The summed E-state index contributed by atoms with van der Waals surface area (Å²) in [5.41, 5.74) is 0.439. The lowest BCUT2D eigenvalue weighted by atomic mass is 10.2. The molecule has 2 rings (SSSR count). The Bertz CT molecular complexity index is 601. The minimum absolute atomic E-state index is 0.0474. The zero-order valence-electron chi connectivity index (χ0n) is 12.0. The number of nitrogens with zero attached hydrogens (tertiary/aromatic N) is 1. The maximum Gasteiger partial charge on any atom is 0.253 e. The Kier molecular flexibility index (Phi) is 5.59. The zero-order chi connectivity index (χ0) is 15.2. The molecule has 4 nitrogen and oxygen atoms in total. The maximum atomic E-state index is 12.4. The van der Waals surface area contributed by atoms with E-state index < -0.39 is 0 Å². The van der Waals surface area contributed by atoms with Crippen LogP contribution in [0.15, 0.2) is 29.8 Å². The van der Waals surface area contributed by atoms with Gasteiger partial charge in [0.1, 0.15) is 5.82 Å². The molecule has 2 aromatic rings. The minimum Gasteiger partial charge on any atom is -0.370 e. The molecule has 1 amide bonds. The Morgan fingerprint density at radius 2 is 2.33 bits per heavy atom. The smallest absolute Gasteiger partial charge is 0.253 e. The molecular weight excluding hydrogens is 306 g/mol. The topological polar surface area (TPSA) is 54.0 Å². The normalized spacial score (nSPS) is 12.0. The Morgan fingerprint density at radius 3 is 3.00 bits per heavy atom. The summed E-state index contributed by atoms with van der Waals surface area (Å²) in [5.74, 6) is 0.470. The van der Waals surface area contributed by atoms with E-state index in [1.54, 1.807) is 17.4 Å². The third kappa shape index (κ3) is 4.19. The van der Waals surface area contributed by atoms with E-state index in [4.69, 9.17) is 11.6 Å². The van der Waals surface area contributed by atoms with E-state index >= 15 is 0 Å². The predicted molar refractivity (Wildman–Crippen MR) is 88.2 cm³/mol. The average molecular weight is 324 g/mol. The van der Waals surface area contributed by atoms with Gasteiger partial charge >= 0.3 is 0 Å². The summed E-state index contributed by atoms with van der Waals surface area (Å²) in [6.45, 7) is 4.83. The van der Waals surface area contributed by atoms with Crippen LogP contribution in [-0.4, -0.2) is 17.4 Å². The third-order valence-corrected chi connectivity index (χ3v) is 4.33. The van der Waals surface area contributed by atoms with Crippen LogP contribution in [0.5, 0.6) is 0 Å². The van der Waals surface area contributed by atoms with Crippen molar-refractivity contribution in [1.29, 1.82) is 0 Å². The summed E-state index contributed by atoms with van der Waals surface area (Å²) in [5, 5.41) is 8.45. The van der Waals surface area contributed by atoms with Crippen LogP contribution in [0.2, 0.25) is 5.02 Å². The molecule has 1 atom stereocenters. The highest BCUT2D eigenvalue weighted by atomic mass is 35.5. The zero-order valence-corrected chi connectivity index (χ0v) is 13.6. The molecule has 112 valence electrons. The second-order valence-corrected chi connectivity index (χ2v) is 6.07. The molecule has 2 N–H and O–H groups in total. The van der Waals surface area contributed by atoms with Gasteiger partial charge < -0.3 is 10.6 Å². The van der Waals surface area contributed by atoms with Crippen molar-refractivity contribution in [3.05, 3.63) is 45.2 Å². The van der Waals surface area contributed by atoms with Crippen molar-refractivity contribution >= 4 is 34.7 Å². The molecule has 0 fully saturated rings. The van der Waals surface area contributed by atoms with Gasteiger partial charge in [0.05, 0.1) is 16.6 Å². The molecule has 0 saturated heterocycles. The number of hydrogen-bond donors (Lipinski definition) is 2. The van der Waals surface area contributed by atoms with Crippen molar-refractivity contribution in [2.24, 2.45) is 0 Å². The van der Waals surface area contributed by atoms with E-state index in [1.807, 2.05) is 24.4 Å². The van der Waals surface area contributed by atoms with Crippen LogP contribution in [0.25, 0.3) is 0 Å². The molecule has 2 aromatic heterocycles. The molecule has 0 aliphatic carbocycles. The summed E-state index contributed by atoms with van der Waals surface area (Å²) >= 11 is 7.70. The molecule has 0 spiro atoms. The number of pyridine rings is 1. The van der Waals surface area contributed by atoms with Crippen LogP contribution >= 0.6 is 22.9 Å². The van der Waals surface area contributed by atoms with Crippen molar-refractivity contribution in [1.82, 2.24) is 10.3 Å². The number of carbonyl (C=O) groups excluding carboxylic acids is 1. The molecule has 0 bridgehead atoms. The molecule has 0 saturated carbocycles. The highest BCUT2D eigenvalue weighted by Gasteiger charge is 2.16. The number of amides is 1. The summed E-state index contributed by atoms with van der Waals surface area (Å²) in [4.78, 5) is 17.6. The van der Waals surface area contributed by atoms with Crippen LogP contribution in [0.1, 0.15) is 41.5 Å². The molecule has 0 aromatic carbocycles. The first-order chi connectivity index (χ1) is 10.1. The number of hydrogen-bond acceptors (Lipinski definition) is 4. The number of halogens is 1. The molecule has 2 heterocycles. The molecule has 6 heteroatoms. The van der Waals surface area contributed by atoms with Crippen LogP contribution < -0.4 is 10.6 Å². The van der Waals surface area contributed by atoms with E-state index in [1.165, 1.54) is 6.20 Å². The summed E-state index contributed by atoms with van der Waals surface area (Å²) < 4.78 is 0. The van der Waals surface area contributed by atoms with Crippen LogP contribution in [0.3, 0.4) is 0 Å². The Morgan fingerprint density at radius 1 is 1.52 bits per heavy atom. The van der Waals surface area contributed by atoms with E-state index in [0.717, 1.165) is 17.8 Å². The molecule has 1 unspecified atom stereocenters. The van der Waals surface area contributed by atoms with Gasteiger partial charge in [0, 0.05) is 17.6 Å². The SMILES string of the molecule is CCCNc1cc(C(=O)NC(C)c2cccs2)c(Cl)cn1. The van der Waals surface area contributed by atoms with Crippen LogP contribution in [0.4, 0.5) is 5.82 Å². The number of nitrogens with one attached hydrogen (secondary N) is 2. The van der Waals surface area contributed by atoms with Crippen molar-refractivity contribution in [3.63, 3.8) is 0 Å². The number of carbonyl (C=O) groups is 1. The van der Waals surface area contributed by atoms with Gasteiger partial charge in [-0.05, 0) is 30.9 Å². The number of rotatable bonds is 6. The lowest BCUT2D eigenvalue weighted by Gasteiger charge is -2.14. The van der Waals surface area contributed by atoms with E-state index in [0.29, 0.717) is 16.4 Å². The summed E-state index contributed by atoms with van der Waals surface area (Å²) in [7, 11) is 0. The lowest BCUT2D eigenvalue weighted by molar-refractivity contribution is 0.0940. The second-order valence-electron chi connectivity index (χ2n) is 4.69. The van der Waals surface area contributed by atoms with Crippen molar-refractivity contribution in [2.45, 2.75) is 26.3 Å². The molecule has 21 heavy (non-hydrogen) atoms. The first-order valence-corrected chi connectivity index (χ1v) is 8.11. The largest absolute Gasteiger partial charge is 0.370 e. The molecule has 0 aliphatic heterocycles. The van der Waals surface area contributed by atoms with Gasteiger partial charge in [-0.25, -0.2) is 4.98 Å². The third-order valence-electron chi connectivity index (χ3n) is 2.97. The van der Waals surface area contributed by atoms with E-state index in [9.17, 15) is 4.79 Å². The van der Waals surface area contributed by atoms with Gasteiger partial charge in [0.2, 0.25) is 0 Å². The van der Waals surface area contributed by atoms with Crippen molar-refractivity contribution in [2.75, 3.05) is 11.9 Å². The van der Waals surface area contributed by atoms with Crippen molar-refractivity contribution in [3.8, 4) is 0 Å². The van der Waals surface area contributed by atoms with Gasteiger partial charge in [-0.1, -0.05) is 24.6 Å². The Labute approximate surface area is 133 Å². The fourth-order valence-corrected chi connectivity index (χ4v) is 2.77. The molecular formula is C15H18ClN3OS. The maximum absolute atomic E-state index is 12.4. The number of thiophene rings is 1. The minimum atomic E-state index is -0.192. The monoisotopic (exact) mass is 323 g/mol. The van der Waals surface area contributed by atoms with Gasteiger partial charge in [-0.15, -0.1) is 11.3 Å². The van der Waals surface area contributed by atoms with Crippen LogP contribution in [-0.2, 0) is 0 Å². The number of aromatic nitrogens is 1. The Hall–Kier alpha value is -1.59. The average Bonchev–Trinajstić information content (AvgIpc) is 3.00. The van der Waals surface area contributed by atoms with E-state index in [-0.39, 0.29) is 11.9 Å². The highest BCUT2D eigenvalue weighted by Crippen LogP contribution is 2.21. The predicted octanol–water partition coefficient (Wildman–Crippen LogP) is 4.11. The fraction of sp³-hybridized carbons (Fsp3) is 0.333. The van der Waals surface area contributed by atoms with Gasteiger partial charge in [-0.2, -0.15) is 0 Å².